The normalized spacial score (nSPS) is 11.6. The summed E-state index contributed by atoms with van der Waals surface area (Å²) in [4.78, 5) is 23.2. The van der Waals surface area contributed by atoms with Gasteiger partial charge in [0.15, 0.2) is 0 Å². The van der Waals surface area contributed by atoms with Gasteiger partial charge in [-0.2, -0.15) is 5.26 Å². The van der Waals surface area contributed by atoms with Crippen molar-refractivity contribution in [3.8, 4) is 6.07 Å². The first-order chi connectivity index (χ1) is 11.1. The fourth-order valence-electron chi connectivity index (χ4n) is 2.42. The lowest BCUT2D eigenvalue weighted by Crippen LogP contribution is -2.41. The molecule has 0 saturated carbocycles. The Morgan fingerprint density at radius 1 is 1.17 bits per heavy atom. The van der Waals surface area contributed by atoms with E-state index in [0.717, 1.165) is 16.3 Å². The largest absolute Gasteiger partial charge is 0.480 e. The number of nitrogens with one attached hydrogen (secondary N) is 1. The van der Waals surface area contributed by atoms with Crippen molar-refractivity contribution in [3.63, 3.8) is 0 Å². The van der Waals surface area contributed by atoms with Gasteiger partial charge in [0.05, 0.1) is 12.5 Å². The zero-order valence-electron chi connectivity index (χ0n) is 12.7. The maximum atomic E-state index is 12.1. The number of hydrogen-bond donors (Lipinski definition) is 2. The molecule has 118 valence electrons. The molecule has 5 heteroatoms. The van der Waals surface area contributed by atoms with Gasteiger partial charge < -0.3 is 10.4 Å². The molecule has 0 spiro atoms. The summed E-state index contributed by atoms with van der Waals surface area (Å²) in [6, 6.07) is 14.6. The molecule has 1 amide bonds. The van der Waals surface area contributed by atoms with Crippen molar-refractivity contribution in [2.45, 2.75) is 31.7 Å². The second-order valence-corrected chi connectivity index (χ2v) is 5.37. The highest BCUT2D eigenvalue weighted by molar-refractivity contribution is 5.87. The van der Waals surface area contributed by atoms with Crippen molar-refractivity contribution in [3.05, 3.63) is 48.0 Å². The van der Waals surface area contributed by atoms with E-state index in [1.54, 1.807) is 0 Å². The van der Waals surface area contributed by atoms with Crippen LogP contribution in [0.25, 0.3) is 10.8 Å². The minimum atomic E-state index is -1.07. The molecule has 2 aromatic carbocycles. The van der Waals surface area contributed by atoms with E-state index >= 15 is 0 Å². The van der Waals surface area contributed by atoms with Crippen LogP contribution >= 0.6 is 0 Å². The second-order valence-electron chi connectivity index (χ2n) is 5.37. The minimum Gasteiger partial charge on any atom is -0.480 e. The van der Waals surface area contributed by atoms with Gasteiger partial charge in [-0.05, 0) is 29.2 Å². The SMILES string of the molecule is N#CCCC[C@H](NC(=O)Cc1ccc2ccccc2c1)C(=O)O. The van der Waals surface area contributed by atoms with Gasteiger partial charge in [0.2, 0.25) is 5.91 Å². The van der Waals surface area contributed by atoms with Crippen LogP contribution in [-0.2, 0) is 16.0 Å². The zero-order valence-corrected chi connectivity index (χ0v) is 12.7. The van der Waals surface area contributed by atoms with E-state index < -0.39 is 12.0 Å². The number of amides is 1. The van der Waals surface area contributed by atoms with E-state index in [-0.39, 0.29) is 25.2 Å². The first-order valence-electron chi connectivity index (χ1n) is 7.47. The Bertz CT molecular complexity index is 749. The summed E-state index contributed by atoms with van der Waals surface area (Å²) in [6.45, 7) is 0. The first-order valence-corrected chi connectivity index (χ1v) is 7.47. The lowest BCUT2D eigenvalue weighted by molar-refractivity contribution is -0.141. The zero-order chi connectivity index (χ0) is 16.7. The molecule has 0 bridgehead atoms. The number of hydrogen-bond acceptors (Lipinski definition) is 3. The Kier molecular flexibility index (Phi) is 5.70. The third kappa shape index (κ3) is 4.82. The quantitative estimate of drug-likeness (QED) is 0.769. The van der Waals surface area contributed by atoms with Crippen molar-refractivity contribution in [1.82, 2.24) is 5.32 Å². The number of nitriles is 1. The van der Waals surface area contributed by atoms with Gasteiger partial charge in [-0.3, -0.25) is 4.79 Å². The minimum absolute atomic E-state index is 0.132. The van der Waals surface area contributed by atoms with Crippen molar-refractivity contribution < 1.29 is 14.7 Å². The number of carboxylic acids is 1. The van der Waals surface area contributed by atoms with Crippen LogP contribution in [0.4, 0.5) is 0 Å². The summed E-state index contributed by atoms with van der Waals surface area (Å²) < 4.78 is 0. The molecule has 0 heterocycles. The lowest BCUT2D eigenvalue weighted by atomic mass is 10.0. The molecule has 2 N–H and O–H groups in total. The van der Waals surface area contributed by atoms with Gasteiger partial charge in [-0.25, -0.2) is 4.79 Å². The molecular formula is C18H18N2O3. The second kappa shape index (κ2) is 7.95. The van der Waals surface area contributed by atoms with Crippen molar-refractivity contribution in [2.75, 3.05) is 0 Å². The van der Waals surface area contributed by atoms with Crippen molar-refractivity contribution >= 4 is 22.6 Å². The Balaban J connectivity index is 1.98. The van der Waals surface area contributed by atoms with Crippen LogP contribution in [0.1, 0.15) is 24.8 Å². The first kappa shape index (κ1) is 16.5. The van der Waals surface area contributed by atoms with Crippen LogP contribution in [0.3, 0.4) is 0 Å². The molecule has 1 atom stereocenters. The molecule has 5 nitrogen and oxygen atoms in total. The average molecular weight is 310 g/mol. The van der Waals surface area contributed by atoms with Gasteiger partial charge in [0.1, 0.15) is 6.04 Å². The van der Waals surface area contributed by atoms with Crippen LogP contribution in [0.5, 0.6) is 0 Å². The van der Waals surface area contributed by atoms with E-state index in [0.29, 0.717) is 6.42 Å². The monoisotopic (exact) mass is 310 g/mol. The third-order valence-corrected chi connectivity index (χ3v) is 3.59. The van der Waals surface area contributed by atoms with Crippen molar-refractivity contribution in [2.24, 2.45) is 0 Å². The van der Waals surface area contributed by atoms with Crippen LogP contribution in [0, 0.1) is 11.3 Å². The van der Waals surface area contributed by atoms with E-state index in [1.165, 1.54) is 0 Å². The Morgan fingerprint density at radius 2 is 1.91 bits per heavy atom. The van der Waals surface area contributed by atoms with Crippen LogP contribution in [0.15, 0.2) is 42.5 Å². The molecule has 0 fully saturated rings. The number of carboxylic acid groups (broad SMARTS) is 1. The highest BCUT2D eigenvalue weighted by Gasteiger charge is 2.19. The molecule has 0 aliphatic rings. The number of benzene rings is 2. The van der Waals surface area contributed by atoms with Gasteiger partial charge in [-0.1, -0.05) is 42.5 Å². The smallest absolute Gasteiger partial charge is 0.326 e. The maximum Gasteiger partial charge on any atom is 0.326 e. The summed E-state index contributed by atoms with van der Waals surface area (Å²) >= 11 is 0. The molecule has 2 rings (SSSR count). The Hall–Kier alpha value is -2.87. The Morgan fingerprint density at radius 3 is 2.61 bits per heavy atom. The third-order valence-electron chi connectivity index (χ3n) is 3.59. The molecule has 23 heavy (non-hydrogen) atoms. The van der Waals surface area contributed by atoms with Crippen LogP contribution in [-0.4, -0.2) is 23.0 Å². The topological polar surface area (TPSA) is 90.2 Å². The molecular weight excluding hydrogens is 292 g/mol. The number of nitrogens with zero attached hydrogens (tertiary/aromatic N) is 1. The Labute approximate surface area is 134 Å². The fraction of sp³-hybridized carbons (Fsp3) is 0.278. The van der Waals surface area contributed by atoms with Gasteiger partial charge >= 0.3 is 5.97 Å². The number of fused-ring (bicyclic) bond motifs is 1. The van der Waals surface area contributed by atoms with Crippen LogP contribution in [0.2, 0.25) is 0 Å². The molecule has 0 aliphatic carbocycles. The molecule has 0 aliphatic heterocycles. The lowest BCUT2D eigenvalue weighted by Gasteiger charge is -2.14. The van der Waals surface area contributed by atoms with E-state index in [1.807, 2.05) is 48.5 Å². The predicted molar refractivity (Wildman–Crippen MR) is 86.7 cm³/mol. The average Bonchev–Trinajstić information content (AvgIpc) is 2.54. The summed E-state index contributed by atoms with van der Waals surface area (Å²) in [5.74, 6) is -1.40. The standard InChI is InChI=1S/C18H18N2O3/c19-10-4-3-7-16(18(22)23)20-17(21)12-13-8-9-14-5-1-2-6-15(14)11-13/h1-2,5-6,8-9,11,16H,3-4,7,12H2,(H,20,21)(H,22,23)/t16-/m0/s1. The van der Waals surface area contributed by atoms with E-state index in [2.05, 4.69) is 5.32 Å². The van der Waals surface area contributed by atoms with Crippen LogP contribution < -0.4 is 5.32 Å². The van der Waals surface area contributed by atoms with E-state index in [4.69, 9.17) is 10.4 Å². The molecule has 0 saturated heterocycles. The molecule has 0 radical (unpaired) electrons. The highest BCUT2D eigenvalue weighted by Crippen LogP contribution is 2.16. The van der Waals surface area contributed by atoms with Gasteiger partial charge in [0, 0.05) is 6.42 Å². The highest BCUT2D eigenvalue weighted by atomic mass is 16.4. The fourth-order valence-corrected chi connectivity index (χ4v) is 2.42. The summed E-state index contributed by atoms with van der Waals surface area (Å²) in [7, 11) is 0. The summed E-state index contributed by atoms with van der Waals surface area (Å²) in [6.07, 6.45) is 1.12. The van der Waals surface area contributed by atoms with Crippen molar-refractivity contribution in [1.29, 1.82) is 5.26 Å². The summed E-state index contributed by atoms with van der Waals surface area (Å²) in [5.41, 5.74) is 0.836. The summed E-state index contributed by atoms with van der Waals surface area (Å²) in [5, 5.41) is 22.3. The molecule has 2 aromatic rings. The number of rotatable bonds is 7. The number of carbonyl (C=O) groups excluding carboxylic acids is 1. The molecule has 0 aromatic heterocycles. The number of carbonyl (C=O) groups is 2. The number of aliphatic carboxylic acids is 1. The number of unbranched alkanes of at least 4 members (excludes halogenated alkanes) is 1. The predicted octanol–water partition coefficient (Wildman–Crippen LogP) is 2.65. The van der Waals surface area contributed by atoms with E-state index in [9.17, 15) is 9.59 Å². The van der Waals surface area contributed by atoms with Gasteiger partial charge in [0.25, 0.3) is 0 Å². The van der Waals surface area contributed by atoms with Gasteiger partial charge in [-0.15, -0.1) is 0 Å². The molecule has 0 unspecified atom stereocenters. The maximum absolute atomic E-state index is 12.1.